The Kier molecular flexibility index (Phi) is 1.78. The summed E-state index contributed by atoms with van der Waals surface area (Å²) < 4.78 is 9.59. The van der Waals surface area contributed by atoms with Crippen LogP contribution in [0.4, 0.5) is 0 Å². The van der Waals surface area contributed by atoms with Crippen molar-refractivity contribution in [3.05, 3.63) is 0 Å². The molecule has 0 spiro atoms. The third-order valence-electron chi connectivity index (χ3n) is 0.196. The molecule has 0 unspecified atom stereocenters. The minimum Gasteiger partial charge on any atom is -0.308 e. The average Bonchev–Trinajstić information content (AvgIpc) is 1.30. The Labute approximate surface area is 39.8 Å². The molecule has 0 atom stereocenters. The standard InChI is InChI=1S/CH3N2O3P/c2-1-3-7(4,5)6/h(H3,3,4,5,6). The van der Waals surface area contributed by atoms with Crippen LogP contribution in [0, 0.1) is 11.5 Å². The molecule has 0 aromatic heterocycles. The molecule has 5 nitrogen and oxygen atoms in total. The van der Waals surface area contributed by atoms with Crippen molar-refractivity contribution in [3.63, 3.8) is 0 Å². The van der Waals surface area contributed by atoms with Gasteiger partial charge in [-0.05, 0) is 0 Å². The summed E-state index contributed by atoms with van der Waals surface area (Å²) in [4.78, 5) is 15.6. The molecule has 7 heavy (non-hydrogen) atoms. The van der Waals surface area contributed by atoms with Crippen LogP contribution in [-0.4, -0.2) is 9.79 Å². The van der Waals surface area contributed by atoms with Gasteiger partial charge in [0.15, 0.2) is 6.19 Å². The lowest BCUT2D eigenvalue weighted by Gasteiger charge is -1.93. The minimum atomic E-state index is -4.28. The first-order valence-electron chi connectivity index (χ1n) is 1.28. The first-order chi connectivity index (χ1) is 3.06. The molecule has 0 aliphatic rings. The van der Waals surface area contributed by atoms with E-state index in [0.29, 0.717) is 0 Å². The molecule has 0 amide bonds. The van der Waals surface area contributed by atoms with Crippen LogP contribution in [0.15, 0.2) is 0 Å². The zero-order valence-corrected chi connectivity index (χ0v) is 4.09. The summed E-state index contributed by atoms with van der Waals surface area (Å²) >= 11 is 0. The Hall–Kier alpha value is -0.560. The second-order valence-corrected chi connectivity index (χ2v) is 2.08. The Morgan fingerprint density at radius 1 is 1.71 bits per heavy atom. The molecule has 0 saturated heterocycles. The highest BCUT2D eigenvalue weighted by atomic mass is 31.2. The zero-order valence-electron chi connectivity index (χ0n) is 3.20. The van der Waals surface area contributed by atoms with E-state index in [2.05, 4.69) is 0 Å². The fourth-order valence-electron chi connectivity index (χ4n) is 0.0651. The van der Waals surface area contributed by atoms with E-state index >= 15 is 0 Å². The van der Waals surface area contributed by atoms with Crippen LogP contribution in [0.1, 0.15) is 0 Å². The quantitative estimate of drug-likeness (QED) is 0.239. The highest BCUT2D eigenvalue weighted by molar-refractivity contribution is 7.49. The van der Waals surface area contributed by atoms with Gasteiger partial charge in [0.1, 0.15) is 0 Å². The van der Waals surface area contributed by atoms with Crippen molar-refractivity contribution < 1.29 is 14.4 Å². The summed E-state index contributed by atoms with van der Waals surface area (Å²) in [7, 11) is -4.28. The molecule has 0 radical (unpaired) electrons. The van der Waals surface area contributed by atoms with Gasteiger partial charge in [0.2, 0.25) is 0 Å². The Morgan fingerprint density at radius 2 is 2.14 bits per heavy atom. The third kappa shape index (κ3) is 5.44. The van der Waals surface area contributed by atoms with Crippen molar-refractivity contribution in [1.29, 1.82) is 5.26 Å². The van der Waals surface area contributed by atoms with E-state index in [0.717, 1.165) is 6.19 Å². The minimum absolute atomic E-state index is 1.09. The van der Waals surface area contributed by atoms with Gasteiger partial charge < -0.3 is 9.79 Å². The average molecular weight is 122 g/mol. The maximum atomic E-state index is 9.59. The number of hydrogen-bond acceptors (Lipinski definition) is 2. The van der Waals surface area contributed by atoms with Gasteiger partial charge in [0, 0.05) is 0 Å². The van der Waals surface area contributed by atoms with Gasteiger partial charge in [-0.15, -0.1) is 0 Å². The van der Waals surface area contributed by atoms with E-state index in [1.54, 1.807) is 0 Å². The van der Waals surface area contributed by atoms with Crippen molar-refractivity contribution in [2.24, 2.45) is 0 Å². The molecular formula is CH3N2O3P. The summed E-state index contributed by atoms with van der Waals surface area (Å²) in [5.41, 5.74) is 0. The van der Waals surface area contributed by atoms with Crippen LogP contribution < -0.4 is 5.09 Å². The summed E-state index contributed by atoms with van der Waals surface area (Å²) in [5.74, 6) is 0. The van der Waals surface area contributed by atoms with E-state index in [1.165, 1.54) is 5.09 Å². The molecule has 6 heteroatoms. The first-order valence-corrected chi connectivity index (χ1v) is 2.89. The van der Waals surface area contributed by atoms with Gasteiger partial charge in [0.25, 0.3) is 0 Å². The van der Waals surface area contributed by atoms with E-state index in [1.807, 2.05) is 0 Å². The predicted molar refractivity (Wildman–Crippen MR) is 20.8 cm³/mol. The Bertz CT molecular complexity index is 130. The second-order valence-electron chi connectivity index (χ2n) is 0.768. The van der Waals surface area contributed by atoms with Crippen LogP contribution in [0.5, 0.6) is 0 Å². The molecule has 3 N–H and O–H groups in total. The van der Waals surface area contributed by atoms with Gasteiger partial charge in [-0.25, -0.2) is 9.65 Å². The van der Waals surface area contributed by atoms with Crippen molar-refractivity contribution in [1.82, 2.24) is 5.09 Å². The number of hydrogen-bond donors (Lipinski definition) is 3. The molecule has 40 valence electrons. The van der Waals surface area contributed by atoms with Gasteiger partial charge in [-0.3, -0.25) is 0 Å². The second kappa shape index (κ2) is 1.94. The van der Waals surface area contributed by atoms with Crippen LogP contribution >= 0.6 is 7.75 Å². The highest BCUT2D eigenvalue weighted by Gasteiger charge is 2.07. The van der Waals surface area contributed by atoms with E-state index in [-0.39, 0.29) is 0 Å². The normalized spacial score (nSPS) is 9.86. The monoisotopic (exact) mass is 122 g/mol. The van der Waals surface area contributed by atoms with Crippen molar-refractivity contribution >= 4 is 7.75 Å². The van der Waals surface area contributed by atoms with Crippen LogP contribution in [0.25, 0.3) is 0 Å². The van der Waals surface area contributed by atoms with E-state index in [9.17, 15) is 4.57 Å². The lowest BCUT2D eigenvalue weighted by Crippen LogP contribution is -1.98. The van der Waals surface area contributed by atoms with Crippen molar-refractivity contribution in [2.75, 3.05) is 0 Å². The SMILES string of the molecule is N#CNP(=O)(O)O. The highest BCUT2D eigenvalue weighted by Crippen LogP contribution is 2.26. The molecule has 0 aliphatic carbocycles. The van der Waals surface area contributed by atoms with E-state index < -0.39 is 7.75 Å². The third-order valence-corrected chi connectivity index (χ3v) is 0.587. The van der Waals surface area contributed by atoms with Crippen LogP contribution in [-0.2, 0) is 4.57 Å². The predicted octanol–water partition coefficient (Wildman–Crippen LogP) is -0.850. The smallest absolute Gasteiger partial charge is 0.308 e. The molecule has 0 bridgehead atoms. The Morgan fingerprint density at radius 3 is 2.14 bits per heavy atom. The molecule has 0 saturated carbocycles. The largest absolute Gasteiger partial charge is 0.436 e. The van der Waals surface area contributed by atoms with Gasteiger partial charge >= 0.3 is 7.75 Å². The van der Waals surface area contributed by atoms with Gasteiger partial charge in [-0.2, -0.15) is 5.26 Å². The first kappa shape index (κ1) is 6.44. The fraction of sp³-hybridized carbons (Fsp3) is 0. The Balaban J connectivity index is 3.65. The topological polar surface area (TPSA) is 93.4 Å². The van der Waals surface area contributed by atoms with Crippen LogP contribution in [0.2, 0.25) is 0 Å². The molecule has 0 rings (SSSR count). The van der Waals surface area contributed by atoms with Crippen molar-refractivity contribution in [3.8, 4) is 6.19 Å². The molecular weight excluding hydrogens is 119 g/mol. The summed E-state index contributed by atoms with van der Waals surface area (Å²) in [6.07, 6.45) is 1.09. The lowest BCUT2D eigenvalue weighted by atomic mass is 11.5. The molecule has 0 aromatic carbocycles. The number of rotatable bonds is 1. The molecule has 0 heterocycles. The zero-order chi connectivity index (χ0) is 5.91. The van der Waals surface area contributed by atoms with Crippen LogP contribution in [0.3, 0.4) is 0 Å². The summed E-state index contributed by atoms with van der Waals surface area (Å²) in [5, 5.41) is 8.81. The maximum Gasteiger partial charge on any atom is 0.436 e. The van der Waals surface area contributed by atoms with E-state index in [4.69, 9.17) is 15.0 Å². The summed E-state index contributed by atoms with van der Waals surface area (Å²) in [6.45, 7) is 0. The molecule has 0 fully saturated rings. The fourth-order valence-corrected chi connectivity index (χ4v) is 0.195. The molecule has 0 aliphatic heterocycles. The summed E-state index contributed by atoms with van der Waals surface area (Å²) in [6, 6.07) is 0. The number of nitrogens with zero attached hydrogens (tertiary/aromatic N) is 1. The lowest BCUT2D eigenvalue weighted by molar-refractivity contribution is 0.366. The van der Waals surface area contributed by atoms with Gasteiger partial charge in [-0.1, -0.05) is 0 Å². The van der Waals surface area contributed by atoms with Crippen molar-refractivity contribution in [2.45, 2.75) is 0 Å². The van der Waals surface area contributed by atoms with Gasteiger partial charge in [0.05, 0.1) is 0 Å². The number of nitriles is 1. The maximum absolute atomic E-state index is 9.59. The number of nitrogens with one attached hydrogen (secondary N) is 1. The molecule has 0 aromatic rings.